The van der Waals surface area contributed by atoms with E-state index in [1.807, 2.05) is 24.3 Å². The Labute approximate surface area is 213 Å². The van der Waals surface area contributed by atoms with E-state index in [9.17, 15) is 24.0 Å². The van der Waals surface area contributed by atoms with Crippen LogP contribution in [0.1, 0.15) is 63.2 Å². The number of carbonyl (C=O) groups is 5. The van der Waals surface area contributed by atoms with Crippen molar-refractivity contribution in [1.82, 2.24) is 10.2 Å². The van der Waals surface area contributed by atoms with Crippen molar-refractivity contribution in [1.29, 1.82) is 0 Å². The molecular weight excluding hydrogens is 470 g/mol. The van der Waals surface area contributed by atoms with Crippen LogP contribution < -0.4 is 10.6 Å². The summed E-state index contributed by atoms with van der Waals surface area (Å²) in [6.45, 7) is 3.20. The lowest BCUT2D eigenvalue weighted by atomic mass is 9.84. The van der Waals surface area contributed by atoms with Crippen molar-refractivity contribution in [3.63, 3.8) is 0 Å². The lowest BCUT2D eigenvalue weighted by Gasteiger charge is -2.22. The van der Waals surface area contributed by atoms with Gasteiger partial charge in [0.15, 0.2) is 11.6 Å². The molecule has 0 radical (unpaired) electrons. The third-order valence-electron chi connectivity index (χ3n) is 6.86. The van der Waals surface area contributed by atoms with Crippen molar-refractivity contribution in [3.05, 3.63) is 100 Å². The summed E-state index contributed by atoms with van der Waals surface area (Å²) in [5, 5.41) is 5.34. The highest BCUT2D eigenvalue weighted by Crippen LogP contribution is 2.31. The van der Waals surface area contributed by atoms with Crippen molar-refractivity contribution >= 4 is 35.1 Å². The number of imide groups is 1. The molecule has 37 heavy (non-hydrogen) atoms. The highest BCUT2D eigenvalue weighted by atomic mass is 16.2. The van der Waals surface area contributed by atoms with Crippen LogP contribution in [0.25, 0.3) is 0 Å². The van der Waals surface area contributed by atoms with Crippen LogP contribution in [0, 0.1) is 0 Å². The summed E-state index contributed by atoms with van der Waals surface area (Å²) in [5.41, 5.74) is 1.87. The molecule has 1 fully saturated rings. The van der Waals surface area contributed by atoms with E-state index in [0.29, 0.717) is 16.7 Å². The van der Waals surface area contributed by atoms with Gasteiger partial charge in [-0.15, -0.1) is 0 Å². The monoisotopic (exact) mass is 495 g/mol. The molecule has 3 aromatic carbocycles. The zero-order valence-corrected chi connectivity index (χ0v) is 20.5. The number of nitrogens with zero attached hydrogens (tertiary/aromatic N) is 1. The Morgan fingerprint density at radius 2 is 1.49 bits per heavy atom. The van der Waals surface area contributed by atoms with E-state index < -0.39 is 29.9 Å². The predicted molar refractivity (Wildman–Crippen MR) is 136 cm³/mol. The molecule has 1 atom stereocenters. The first kappa shape index (κ1) is 24.1. The van der Waals surface area contributed by atoms with Gasteiger partial charge in [-0.05, 0) is 42.7 Å². The molecule has 0 aromatic heterocycles. The van der Waals surface area contributed by atoms with E-state index in [1.54, 1.807) is 31.2 Å². The fraction of sp³-hybridized carbons (Fsp3) is 0.207. The van der Waals surface area contributed by atoms with Gasteiger partial charge in [-0.1, -0.05) is 61.9 Å². The van der Waals surface area contributed by atoms with E-state index in [-0.39, 0.29) is 28.4 Å². The molecule has 8 nitrogen and oxygen atoms in total. The number of amides is 4. The van der Waals surface area contributed by atoms with Crippen molar-refractivity contribution in [2.75, 3.05) is 11.9 Å². The van der Waals surface area contributed by atoms with Gasteiger partial charge in [-0.3, -0.25) is 24.1 Å². The molecule has 8 heteroatoms. The third-order valence-corrected chi connectivity index (χ3v) is 6.86. The van der Waals surface area contributed by atoms with Crippen molar-refractivity contribution in [2.45, 2.75) is 32.2 Å². The Bertz CT molecular complexity index is 1480. The smallest absolute Gasteiger partial charge is 0.325 e. The summed E-state index contributed by atoms with van der Waals surface area (Å²) < 4.78 is 0. The Hall–Kier alpha value is -4.59. The number of rotatable bonds is 6. The zero-order valence-electron chi connectivity index (χ0n) is 20.5. The molecule has 2 aliphatic rings. The van der Waals surface area contributed by atoms with E-state index in [1.165, 1.54) is 18.2 Å². The van der Waals surface area contributed by atoms with Crippen LogP contribution in [-0.4, -0.2) is 40.9 Å². The summed E-state index contributed by atoms with van der Waals surface area (Å²) in [4.78, 5) is 65.3. The van der Waals surface area contributed by atoms with Gasteiger partial charge in [0.1, 0.15) is 12.1 Å². The van der Waals surface area contributed by atoms with Crippen molar-refractivity contribution in [2.24, 2.45) is 0 Å². The standard InChI is InChI=1S/C29H25N3O5/c1-3-6-17-9-11-18(12-10-17)29(2)27(36)32(28(37)31-29)16-24(33)30-19-13-14-22-23(15-19)26(35)21-8-5-4-7-20(21)25(22)34/h4-5,7-15H,3,6,16H2,1-2H3,(H,30,33)(H,31,37). The Morgan fingerprint density at radius 1 is 0.865 bits per heavy atom. The number of aryl methyl sites for hydroxylation is 1. The maximum atomic E-state index is 13.2. The van der Waals surface area contributed by atoms with Crippen LogP contribution in [-0.2, 0) is 21.5 Å². The van der Waals surface area contributed by atoms with Crippen LogP contribution >= 0.6 is 0 Å². The highest BCUT2D eigenvalue weighted by Gasteiger charge is 2.49. The van der Waals surface area contributed by atoms with Crippen LogP contribution in [0.2, 0.25) is 0 Å². The number of urea groups is 1. The summed E-state index contributed by atoms with van der Waals surface area (Å²) in [5.74, 6) is -1.71. The number of nitrogens with one attached hydrogen (secondary N) is 2. The molecule has 2 N–H and O–H groups in total. The Balaban J connectivity index is 1.31. The van der Waals surface area contributed by atoms with Gasteiger partial charge >= 0.3 is 6.03 Å². The number of fused-ring (bicyclic) bond motifs is 2. The van der Waals surface area contributed by atoms with Gasteiger partial charge in [0.05, 0.1) is 0 Å². The maximum Gasteiger partial charge on any atom is 0.325 e. The molecule has 0 saturated carbocycles. The second kappa shape index (κ2) is 9.13. The average molecular weight is 496 g/mol. The first-order valence-electron chi connectivity index (χ1n) is 12.1. The van der Waals surface area contributed by atoms with E-state index in [2.05, 4.69) is 17.6 Å². The van der Waals surface area contributed by atoms with Gasteiger partial charge in [0, 0.05) is 27.9 Å². The normalized spacial score (nSPS) is 18.4. The first-order valence-corrected chi connectivity index (χ1v) is 12.1. The van der Waals surface area contributed by atoms with E-state index in [0.717, 1.165) is 23.3 Å². The molecule has 0 spiro atoms. The molecule has 186 valence electrons. The molecule has 5 rings (SSSR count). The SMILES string of the molecule is CCCc1ccc(C2(C)NC(=O)N(CC(=O)Nc3ccc4c(c3)C(=O)c3ccccc3C4=O)C2=O)cc1. The molecular formula is C29H25N3O5. The van der Waals surface area contributed by atoms with Gasteiger partial charge in [-0.2, -0.15) is 0 Å². The van der Waals surface area contributed by atoms with Crippen LogP contribution in [0.3, 0.4) is 0 Å². The average Bonchev–Trinajstić information content (AvgIpc) is 3.11. The zero-order chi connectivity index (χ0) is 26.3. The van der Waals surface area contributed by atoms with Crippen LogP contribution in [0.4, 0.5) is 10.5 Å². The Morgan fingerprint density at radius 3 is 2.14 bits per heavy atom. The van der Waals surface area contributed by atoms with Gasteiger partial charge in [0.2, 0.25) is 5.91 Å². The number of benzene rings is 3. The van der Waals surface area contributed by atoms with Gasteiger partial charge in [0.25, 0.3) is 5.91 Å². The van der Waals surface area contributed by atoms with Gasteiger partial charge < -0.3 is 10.6 Å². The van der Waals surface area contributed by atoms with Gasteiger partial charge in [-0.25, -0.2) is 4.79 Å². The summed E-state index contributed by atoms with van der Waals surface area (Å²) in [7, 11) is 0. The molecule has 3 aromatic rings. The third kappa shape index (κ3) is 4.10. The minimum absolute atomic E-state index is 0.190. The summed E-state index contributed by atoms with van der Waals surface area (Å²) in [6.07, 6.45) is 1.91. The highest BCUT2D eigenvalue weighted by molar-refractivity contribution is 6.28. The van der Waals surface area contributed by atoms with Crippen LogP contribution in [0.5, 0.6) is 0 Å². The number of hydrogen-bond donors (Lipinski definition) is 2. The number of hydrogen-bond acceptors (Lipinski definition) is 5. The van der Waals surface area contributed by atoms with Crippen LogP contribution in [0.15, 0.2) is 66.7 Å². The number of anilines is 1. The molecule has 1 unspecified atom stereocenters. The lowest BCUT2D eigenvalue weighted by molar-refractivity contribution is -0.133. The van der Waals surface area contributed by atoms with Crippen molar-refractivity contribution in [3.8, 4) is 0 Å². The Kier molecular flexibility index (Phi) is 5.95. The van der Waals surface area contributed by atoms with E-state index >= 15 is 0 Å². The quantitative estimate of drug-likeness (QED) is 0.395. The molecule has 1 aliphatic carbocycles. The number of ketones is 2. The largest absolute Gasteiger partial charge is 0.325 e. The molecule has 1 saturated heterocycles. The van der Waals surface area contributed by atoms with E-state index in [4.69, 9.17) is 0 Å². The van der Waals surface area contributed by atoms with Crippen molar-refractivity contribution < 1.29 is 24.0 Å². The second-order valence-corrected chi connectivity index (χ2v) is 9.41. The predicted octanol–water partition coefficient (Wildman–Crippen LogP) is 3.82. The minimum Gasteiger partial charge on any atom is -0.325 e. The second-order valence-electron chi connectivity index (χ2n) is 9.41. The molecule has 1 heterocycles. The molecule has 4 amide bonds. The fourth-order valence-corrected chi connectivity index (χ4v) is 4.85. The maximum absolute atomic E-state index is 13.2. The minimum atomic E-state index is -1.28. The summed E-state index contributed by atoms with van der Waals surface area (Å²) in [6, 6.07) is 17.9. The topological polar surface area (TPSA) is 113 Å². The fourth-order valence-electron chi connectivity index (χ4n) is 4.85. The summed E-state index contributed by atoms with van der Waals surface area (Å²) >= 11 is 0. The molecule has 0 bridgehead atoms. The number of carbonyl (C=O) groups excluding carboxylic acids is 5. The molecule has 1 aliphatic heterocycles. The lowest BCUT2D eigenvalue weighted by Crippen LogP contribution is -2.42. The first-order chi connectivity index (χ1) is 17.7.